The van der Waals surface area contributed by atoms with Crippen LogP contribution in [0.2, 0.25) is 0 Å². The smallest absolute Gasteiger partial charge is 0.371 e. The molecule has 92 valence electrons. The first-order chi connectivity index (χ1) is 7.74. The Morgan fingerprint density at radius 2 is 1.62 bits per heavy atom. The Balaban J connectivity index is 4.56. The van der Waals surface area contributed by atoms with E-state index >= 15 is 0 Å². The van der Waals surface area contributed by atoms with Crippen molar-refractivity contribution < 1.29 is 18.1 Å². The lowest BCUT2D eigenvalue weighted by Crippen LogP contribution is -2.44. The Hall–Kier alpha value is -0.783. The average Bonchev–Trinajstić information content (AvgIpc) is 2.26. The Bertz CT molecular complexity index is 234. The van der Waals surface area contributed by atoms with Crippen molar-refractivity contribution in [1.29, 1.82) is 0 Å². The second-order valence-electron chi connectivity index (χ2n) is 2.74. The molecule has 0 N–H and O–H groups in total. The van der Waals surface area contributed by atoms with Gasteiger partial charge in [0, 0.05) is 19.8 Å². The lowest BCUT2D eigenvalue weighted by atomic mass is 10.7. The van der Waals surface area contributed by atoms with Gasteiger partial charge in [0.25, 0.3) is 0 Å². The molecule has 0 saturated heterocycles. The molecule has 0 unspecified atom stereocenters. The maximum Gasteiger partial charge on any atom is 0.529 e. The van der Waals surface area contributed by atoms with Crippen molar-refractivity contribution in [3.05, 3.63) is 11.8 Å². The number of rotatable bonds is 9. The monoisotopic (exact) mass is 245 g/mol. The predicted molar refractivity (Wildman–Crippen MR) is 62.8 cm³/mol. The van der Waals surface area contributed by atoms with E-state index in [1.807, 2.05) is 20.8 Å². The van der Waals surface area contributed by atoms with E-state index in [9.17, 15) is 4.79 Å². The number of aliphatic imine (C=N–C) groups is 1. The molecule has 0 saturated carbocycles. The van der Waals surface area contributed by atoms with Crippen LogP contribution >= 0.6 is 0 Å². The minimum absolute atomic E-state index is 0.269. The van der Waals surface area contributed by atoms with E-state index < -0.39 is 8.80 Å². The molecule has 0 fully saturated rings. The highest BCUT2D eigenvalue weighted by molar-refractivity contribution is 6.66. The first-order valence-corrected chi connectivity index (χ1v) is 7.18. The minimum Gasteiger partial charge on any atom is -0.371 e. The van der Waals surface area contributed by atoms with Crippen molar-refractivity contribution in [1.82, 2.24) is 0 Å². The molecule has 0 aliphatic rings. The summed E-state index contributed by atoms with van der Waals surface area (Å²) in [6.45, 7) is 7.49. The highest BCUT2D eigenvalue weighted by atomic mass is 28.4. The molecule has 0 aromatic heterocycles. The normalized spacial score (nSPS) is 11.7. The van der Waals surface area contributed by atoms with Crippen LogP contribution in [0.5, 0.6) is 0 Å². The summed E-state index contributed by atoms with van der Waals surface area (Å²) in [5.41, 5.74) is 1.75. The number of hydrogen-bond acceptors (Lipinski definition) is 5. The summed E-state index contributed by atoms with van der Waals surface area (Å²) in [6.07, 6.45) is 3.17. The van der Waals surface area contributed by atoms with Crippen molar-refractivity contribution in [2.24, 2.45) is 4.99 Å². The van der Waals surface area contributed by atoms with E-state index in [0.29, 0.717) is 19.8 Å². The fourth-order valence-electron chi connectivity index (χ4n) is 1.16. The second kappa shape index (κ2) is 9.44. The third-order valence-electron chi connectivity index (χ3n) is 1.62. The zero-order valence-corrected chi connectivity index (χ0v) is 11.1. The highest BCUT2D eigenvalue weighted by Crippen LogP contribution is 2.11. The zero-order valence-electron chi connectivity index (χ0n) is 10.1. The van der Waals surface area contributed by atoms with Crippen LogP contribution in [0.3, 0.4) is 0 Å². The van der Waals surface area contributed by atoms with Gasteiger partial charge in [0.1, 0.15) is 0 Å². The van der Waals surface area contributed by atoms with Gasteiger partial charge >= 0.3 is 8.80 Å². The number of carbonyl (C=O) groups excluding carboxylic acids is 1. The van der Waals surface area contributed by atoms with E-state index in [0.717, 1.165) is 0 Å². The van der Waals surface area contributed by atoms with Crippen molar-refractivity contribution in [3.8, 4) is 0 Å². The SMILES string of the molecule is CCO[Si](C=CCN=C=O)(OCC)OCC. The van der Waals surface area contributed by atoms with Gasteiger partial charge in [0.2, 0.25) is 6.08 Å². The van der Waals surface area contributed by atoms with Gasteiger partial charge in [-0.05, 0) is 26.5 Å². The van der Waals surface area contributed by atoms with Crippen LogP contribution in [0.25, 0.3) is 0 Å². The lowest BCUT2D eigenvalue weighted by molar-refractivity contribution is 0.0842. The first-order valence-electron chi connectivity index (χ1n) is 5.37. The summed E-state index contributed by atoms with van der Waals surface area (Å²) in [5.74, 6) is 0. The Morgan fingerprint density at radius 1 is 1.12 bits per heavy atom. The van der Waals surface area contributed by atoms with Gasteiger partial charge < -0.3 is 13.3 Å². The summed E-state index contributed by atoms with van der Waals surface area (Å²) in [7, 11) is -2.72. The van der Waals surface area contributed by atoms with E-state index in [1.165, 1.54) is 6.08 Å². The van der Waals surface area contributed by atoms with Gasteiger partial charge in [-0.15, -0.1) is 0 Å². The number of isocyanates is 1. The van der Waals surface area contributed by atoms with Crippen LogP contribution in [-0.4, -0.2) is 41.2 Å². The largest absolute Gasteiger partial charge is 0.529 e. The topological polar surface area (TPSA) is 57.1 Å². The average molecular weight is 245 g/mol. The third-order valence-corrected chi connectivity index (χ3v) is 4.34. The molecule has 5 nitrogen and oxygen atoms in total. The van der Waals surface area contributed by atoms with Crippen LogP contribution in [0.4, 0.5) is 0 Å². The van der Waals surface area contributed by atoms with Crippen molar-refractivity contribution in [2.75, 3.05) is 26.4 Å². The molecule has 0 aliphatic carbocycles. The molecule has 0 amide bonds. The summed E-state index contributed by atoms with van der Waals surface area (Å²) in [4.78, 5) is 13.3. The Morgan fingerprint density at radius 3 is 2.00 bits per heavy atom. The maximum atomic E-state index is 9.90. The summed E-state index contributed by atoms with van der Waals surface area (Å²) in [6, 6.07) is 0. The van der Waals surface area contributed by atoms with Gasteiger partial charge in [0.05, 0.1) is 6.54 Å². The third kappa shape index (κ3) is 5.94. The van der Waals surface area contributed by atoms with E-state index in [-0.39, 0.29) is 6.54 Å². The van der Waals surface area contributed by atoms with Crippen LogP contribution in [0.15, 0.2) is 16.8 Å². The Labute approximate surface area is 97.5 Å². The molecule has 0 atom stereocenters. The molecule has 6 heteroatoms. The zero-order chi connectivity index (χ0) is 12.3. The van der Waals surface area contributed by atoms with Crippen LogP contribution in [-0.2, 0) is 18.1 Å². The second-order valence-corrected chi connectivity index (χ2v) is 5.14. The van der Waals surface area contributed by atoms with Gasteiger partial charge in [-0.1, -0.05) is 6.08 Å². The minimum atomic E-state index is -2.72. The molecule has 0 aliphatic heterocycles. The van der Waals surface area contributed by atoms with Crippen molar-refractivity contribution in [2.45, 2.75) is 20.8 Å². The molecule has 0 aromatic rings. The molecule has 0 bridgehead atoms. The summed E-state index contributed by atoms with van der Waals surface area (Å²) >= 11 is 0. The van der Waals surface area contributed by atoms with Crippen LogP contribution in [0, 0.1) is 0 Å². The van der Waals surface area contributed by atoms with Crippen molar-refractivity contribution in [3.63, 3.8) is 0 Å². The maximum absolute atomic E-state index is 9.90. The van der Waals surface area contributed by atoms with Crippen LogP contribution < -0.4 is 0 Å². The Kier molecular flexibility index (Phi) is 8.98. The molecular formula is C10H19NO4Si. The van der Waals surface area contributed by atoms with Gasteiger partial charge in [-0.2, -0.15) is 0 Å². The predicted octanol–water partition coefficient (Wildman–Crippen LogP) is 1.47. The van der Waals surface area contributed by atoms with E-state index in [1.54, 1.807) is 11.8 Å². The highest BCUT2D eigenvalue weighted by Gasteiger charge is 2.37. The van der Waals surface area contributed by atoms with E-state index in [4.69, 9.17) is 13.3 Å². The van der Waals surface area contributed by atoms with Crippen LogP contribution in [0.1, 0.15) is 20.8 Å². The first kappa shape index (κ1) is 15.2. The van der Waals surface area contributed by atoms with Crippen molar-refractivity contribution >= 4 is 14.9 Å². The summed E-state index contributed by atoms with van der Waals surface area (Å²) in [5, 5.41) is 0. The van der Waals surface area contributed by atoms with Gasteiger partial charge in [-0.25, -0.2) is 9.79 Å². The quantitative estimate of drug-likeness (QED) is 0.350. The molecule has 0 aromatic carbocycles. The number of nitrogens with zero attached hydrogens (tertiary/aromatic N) is 1. The van der Waals surface area contributed by atoms with Gasteiger partial charge in [-0.3, -0.25) is 0 Å². The fourth-order valence-corrected chi connectivity index (χ4v) is 3.30. The molecule has 0 spiro atoms. The molecular weight excluding hydrogens is 226 g/mol. The van der Waals surface area contributed by atoms with Gasteiger partial charge in [0.15, 0.2) is 0 Å². The lowest BCUT2D eigenvalue weighted by Gasteiger charge is -2.25. The van der Waals surface area contributed by atoms with E-state index in [2.05, 4.69) is 4.99 Å². The standard InChI is InChI=1S/C10H19NO4Si/c1-4-13-16(14-5-2,15-6-3)9-7-8-11-10-12/h7,9H,4-6,8H2,1-3H3. The summed E-state index contributed by atoms with van der Waals surface area (Å²) < 4.78 is 16.7. The fraction of sp³-hybridized carbons (Fsp3) is 0.700. The molecule has 16 heavy (non-hydrogen) atoms. The molecule has 0 radical (unpaired) electrons. The molecule has 0 rings (SSSR count). The number of hydrogen-bond donors (Lipinski definition) is 0. The molecule has 0 heterocycles.